The molecule has 0 radical (unpaired) electrons. The highest BCUT2D eigenvalue weighted by molar-refractivity contribution is 5.94. The Morgan fingerprint density at radius 1 is 1.27 bits per heavy atom. The summed E-state index contributed by atoms with van der Waals surface area (Å²) in [6, 6.07) is 2.99. The lowest BCUT2D eigenvalue weighted by Crippen LogP contribution is -2.30. The van der Waals surface area contributed by atoms with E-state index in [4.69, 9.17) is 5.84 Å². The van der Waals surface area contributed by atoms with Crippen molar-refractivity contribution in [3.05, 3.63) is 47.5 Å². The highest BCUT2D eigenvalue weighted by Crippen LogP contribution is 2.31. The number of halogens is 3. The van der Waals surface area contributed by atoms with E-state index in [2.05, 4.69) is 4.98 Å². The number of hydrogen-bond donors (Lipinski definition) is 2. The number of aromatic nitrogens is 2. The van der Waals surface area contributed by atoms with Gasteiger partial charge in [0.25, 0.3) is 5.91 Å². The van der Waals surface area contributed by atoms with Gasteiger partial charge in [0.1, 0.15) is 0 Å². The monoisotopic (exact) mass is 314 g/mol. The van der Waals surface area contributed by atoms with Gasteiger partial charge in [-0.15, -0.1) is 0 Å². The number of hydrazine groups is 1. The van der Waals surface area contributed by atoms with Crippen molar-refractivity contribution < 1.29 is 18.0 Å². The average Bonchev–Trinajstić information content (AvgIpc) is 2.93. The van der Waals surface area contributed by atoms with Crippen molar-refractivity contribution in [2.75, 3.05) is 0 Å². The standard InChI is InChI=1S/C12H11F3N4O.C2H6/c1-7-5-19(6-17-7)10-3-8(11(20)18-16)2-9(4-10)12(13,14)15;1-2/h2-6H,16H2,1H3,(H,18,20);1-2H3. The number of nitrogens with one attached hydrogen (secondary N) is 1. The molecule has 0 aliphatic heterocycles. The highest BCUT2D eigenvalue weighted by atomic mass is 19.4. The molecule has 0 unspecified atom stereocenters. The van der Waals surface area contributed by atoms with Crippen LogP contribution in [0.1, 0.15) is 35.5 Å². The van der Waals surface area contributed by atoms with Crippen molar-refractivity contribution in [3.63, 3.8) is 0 Å². The number of nitrogens with two attached hydrogens (primary N) is 1. The lowest BCUT2D eigenvalue weighted by Gasteiger charge is -2.12. The Morgan fingerprint density at radius 3 is 2.36 bits per heavy atom. The van der Waals surface area contributed by atoms with E-state index in [1.54, 1.807) is 13.1 Å². The Balaban J connectivity index is 0.00000116. The van der Waals surface area contributed by atoms with Crippen LogP contribution in [0.4, 0.5) is 13.2 Å². The Hall–Kier alpha value is -2.35. The lowest BCUT2D eigenvalue weighted by atomic mass is 10.1. The van der Waals surface area contributed by atoms with E-state index in [1.807, 2.05) is 19.3 Å². The van der Waals surface area contributed by atoms with Gasteiger partial charge in [-0.3, -0.25) is 10.2 Å². The van der Waals surface area contributed by atoms with Crippen molar-refractivity contribution in [2.45, 2.75) is 26.9 Å². The van der Waals surface area contributed by atoms with Gasteiger partial charge in [-0.1, -0.05) is 13.8 Å². The van der Waals surface area contributed by atoms with E-state index in [1.165, 1.54) is 17.0 Å². The predicted octanol–water partition coefficient (Wildman–Crippen LogP) is 2.83. The number of alkyl halides is 3. The molecule has 0 atom stereocenters. The molecule has 8 heteroatoms. The zero-order chi connectivity index (χ0) is 16.9. The molecule has 120 valence electrons. The second-order valence-corrected chi connectivity index (χ2v) is 4.16. The van der Waals surface area contributed by atoms with Crippen LogP contribution in [0.2, 0.25) is 0 Å². The third kappa shape index (κ3) is 4.08. The minimum Gasteiger partial charge on any atom is -0.306 e. The van der Waals surface area contributed by atoms with Gasteiger partial charge in [0.15, 0.2) is 0 Å². The largest absolute Gasteiger partial charge is 0.416 e. The van der Waals surface area contributed by atoms with Gasteiger partial charge < -0.3 is 4.57 Å². The van der Waals surface area contributed by atoms with Crippen molar-refractivity contribution in [3.8, 4) is 5.69 Å². The van der Waals surface area contributed by atoms with Crippen LogP contribution in [-0.2, 0) is 6.18 Å². The molecule has 2 rings (SSSR count). The number of carbonyl (C=O) groups excluding carboxylic acids is 1. The smallest absolute Gasteiger partial charge is 0.306 e. The highest BCUT2D eigenvalue weighted by Gasteiger charge is 2.32. The summed E-state index contributed by atoms with van der Waals surface area (Å²) < 4.78 is 39.9. The quantitative estimate of drug-likeness (QED) is 0.508. The van der Waals surface area contributed by atoms with Crippen LogP contribution in [0.15, 0.2) is 30.7 Å². The van der Waals surface area contributed by atoms with E-state index in [0.29, 0.717) is 5.69 Å². The number of carbonyl (C=O) groups is 1. The summed E-state index contributed by atoms with van der Waals surface area (Å²) in [5.74, 6) is 4.16. The second kappa shape index (κ2) is 7.08. The first-order valence-electron chi connectivity index (χ1n) is 6.55. The SMILES string of the molecule is CC.Cc1cn(-c2cc(C(=O)NN)cc(C(F)(F)F)c2)cn1. The van der Waals surface area contributed by atoms with E-state index >= 15 is 0 Å². The summed E-state index contributed by atoms with van der Waals surface area (Å²) in [6.45, 7) is 5.71. The lowest BCUT2D eigenvalue weighted by molar-refractivity contribution is -0.137. The molecule has 0 spiro atoms. The molecule has 0 aliphatic rings. The van der Waals surface area contributed by atoms with E-state index < -0.39 is 17.6 Å². The first-order chi connectivity index (χ1) is 10.3. The fraction of sp³-hybridized carbons (Fsp3) is 0.286. The Bertz CT molecular complexity index is 650. The predicted molar refractivity (Wildman–Crippen MR) is 76.3 cm³/mol. The number of hydrogen-bond acceptors (Lipinski definition) is 3. The minimum atomic E-state index is -4.56. The number of imidazole rings is 1. The molecule has 1 amide bonds. The summed E-state index contributed by atoms with van der Waals surface area (Å²) in [7, 11) is 0. The number of benzene rings is 1. The number of aryl methyl sites for hydroxylation is 1. The molecule has 3 N–H and O–H groups in total. The molecule has 2 aromatic rings. The van der Waals surface area contributed by atoms with Crippen LogP contribution in [0.3, 0.4) is 0 Å². The fourth-order valence-corrected chi connectivity index (χ4v) is 1.70. The molecule has 1 aromatic carbocycles. The number of amides is 1. The summed E-state index contributed by atoms with van der Waals surface area (Å²) in [4.78, 5) is 15.4. The first kappa shape index (κ1) is 17.7. The molecular weight excluding hydrogens is 297 g/mol. The maximum absolute atomic E-state index is 12.8. The molecule has 0 aliphatic carbocycles. The van der Waals surface area contributed by atoms with Crippen molar-refractivity contribution in [1.29, 1.82) is 0 Å². The van der Waals surface area contributed by atoms with Crippen LogP contribution in [0.25, 0.3) is 5.69 Å². The molecule has 1 heterocycles. The van der Waals surface area contributed by atoms with Crippen LogP contribution in [-0.4, -0.2) is 15.5 Å². The summed E-state index contributed by atoms with van der Waals surface area (Å²) in [6.07, 6.45) is -1.64. The number of nitrogens with zero attached hydrogens (tertiary/aromatic N) is 2. The summed E-state index contributed by atoms with van der Waals surface area (Å²) in [5, 5.41) is 0. The second-order valence-electron chi connectivity index (χ2n) is 4.16. The molecule has 5 nitrogen and oxygen atoms in total. The first-order valence-corrected chi connectivity index (χ1v) is 6.55. The van der Waals surface area contributed by atoms with Gasteiger partial charge in [-0.2, -0.15) is 13.2 Å². The van der Waals surface area contributed by atoms with Gasteiger partial charge in [-0.05, 0) is 25.1 Å². The van der Waals surface area contributed by atoms with Crippen molar-refractivity contribution >= 4 is 5.91 Å². The van der Waals surface area contributed by atoms with Gasteiger partial charge in [-0.25, -0.2) is 10.8 Å². The zero-order valence-electron chi connectivity index (χ0n) is 12.4. The minimum absolute atomic E-state index is 0.177. The maximum atomic E-state index is 12.8. The van der Waals surface area contributed by atoms with Gasteiger partial charge in [0, 0.05) is 17.4 Å². The van der Waals surface area contributed by atoms with E-state index in [9.17, 15) is 18.0 Å². The number of nitrogen functional groups attached to an aromatic ring is 1. The fourth-order valence-electron chi connectivity index (χ4n) is 1.70. The molecule has 0 bridgehead atoms. The zero-order valence-corrected chi connectivity index (χ0v) is 12.4. The molecule has 0 saturated carbocycles. The van der Waals surface area contributed by atoms with E-state index in [-0.39, 0.29) is 11.3 Å². The van der Waals surface area contributed by atoms with Gasteiger partial charge >= 0.3 is 6.18 Å². The Kier molecular flexibility index (Phi) is 5.69. The van der Waals surface area contributed by atoms with Crippen LogP contribution >= 0.6 is 0 Å². The third-order valence-corrected chi connectivity index (χ3v) is 2.65. The Morgan fingerprint density at radius 2 is 1.91 bits per heavy atom. The summed E-state index contributed by atoms with van der Waals surface area (Å²) >= 11 is 0. The summed E-state index contributed by atoms with van der Waals surface area (Å²) in [5.41, 5.74) is 1.53. The molecule has 22 heavy (non-hydrogen) atoms. The van der Waals surface area contributed by atoms with Crippen molar-refractivity contribution in [2.24, 2.45) is 5.84 Å². The average molecular weight is 314 g/mol. The molecular formula is C14H17F3N4O. The molecule has 0 fully saturated rings. The normalized spacial score (nSPS) is 10.7. The molecule has 0 saturated heterocycles. The van der Waals surface area contributed by atoms with Crippen LogP contribution in [0.5, 0.6) is 0 Å². The van der Waals surface area contributed by atoms with Crippen LogP contribution in [0, 0.1) is 6.92 Å². The Labute approximate surface area is 125 Å². The molecule has 1 aromatic heterocycles. The maximum Gasteiger partial charge on any atom is 0.416 e. The van der Waals surface area contributed by atoms with Gasteiger partial charge in [0.05, 0.1) is 17.6 Å². The van der Waals surface area contributed by atoms with E-state index in [0.717, 1.165) is 12.1 Å². The third-order valence-electron chi connectivity index (χ3n) is 2.65. The van der Waals surface area contributed by atoms with Crippen molar-refractivity contribution in [1.82, 2.24) is 15.0 Å². The van der Waals surface area contributed by atoms with Gasteiger partial charge in [0.2, 0.25) is 0 Å². The topological polar surface area (TPSA) is 72.9 Å². The number of rotatable bonds is 2. The van der Waals surface area contributed by atoms with Crippen LogP contribution < -0.4 is 11.3 Å².